The average Bonchev–Trinajstić information content (AvgIpc) is 3.20. The number of likely N-dealkylation sites (tertiary alicyclic amines) is 1. The fraction of sp³-hybridized carbons (Fsp3) is 0.400. The number of nitrogens with zero attached hydrogens (tertiary/aromatic N) is 1. The molecule has 1 N–H and O–H groups in total. The predicted octanol–water partition coefficient (Wildman–Crippen LogP) is 3.07. The number of hydrogen-bond donors (Lipinski definition) is 1. The molecule has 0 saturated carbocycles. The Morgan fingerprint density at radius 3 is 2.85 bits per heavy atom. The summed E-state index contributed by atoms with van der Waals surface area (Å²) >= 11 is 1.62. The number of hydrogen-bond acceptors (Lipinski definition) is 4. The van der Waals surface area contributed by atoms with Crippen molar-refractivity contribution >= 4 is 23.2 Å². The number of ether oxygens (including phenoxy) is 1. The molecule has 1 aromatic carbocycles. The number of amides is 2. The molecule has 1 aliphatic heterocycles. The van der Waals surface area contributed by atoms with Crippen LogP contribution in [0, 0.1) is 5.92 Å². The zero-order valence-electron chi connectivity index (χ0n) is 14.7. The Bertz CT molecular complexity index is 703. The molecule has 1 aliphatic rings. The topological polar surface area (TPSA) is 58.6 Å². The lowest BCUT2D eigenvalue weighted by Crippen LogP contribution is -2.45. The third kappa shape index (κ3) is 5.33. The van der Waals surface area contributed by atoms with E-state index in [9.17, 15) is 9.59 Å². The summed E-state index contributed by atoms with van der Waals surface area (Å²) in [5.74, 6) is 0.733. The van der Waals surface area contributed by atoms with Gasteiger partial charge in [-0.3, -0.25) is 9.59 Å². The molecule has 2 heterocycles. The van der Waals surface area contributed by atoms with Crippen LogP contribution in [-0.4, -0.2) is 36.4 Å². The first-order valence-corrected chi connectivity index (χ1v) is 9.91. The number of piperidine rings is 1. The Morgan fingerprint density at radius 2 is 2.08 bits per heavy atom. The number of carbonyl (C=O) groups is 2. The van der Waals surface area contributed by atoms with Gasteiger partial charge in [-0.2, -0.15) is 11.3 Å². The first kappa shape index (κ1) is 18.5. The molecule has 2 amide bonds. The Hall–Kier alpha value is -2.34. The van der Waals surface area contributed by atoms with Crippen LogP contribution in [0.2, 0.25) is 0 Å². The minimum Gasteiger partial charge on any atom is -0.493 e. The summed E-state index contributed by atoms with van der Waals surface area (Å²) in [6.45, 7) is 2.13. The highest BCUT2D eigenvalue weighted by Crippen LogP contribution is 2.18. The van der Waals surface area contributed by atoms with Gasteiger partial charge in [-0.15, -0.1) is 0 Å². The lowest BCUT2D eigenvalue weighted by atomic mass is 9.97. The lowest BCUT2D eigenvalue weighted by Gasteiger charge is -2.32. The Labute approximate surface area is 158 Å². The molecule has 0 bridgehead atoms. The van der Waals surface area contributed by atoms with Crippen molar-refractivity contribution in [2.75, 3.05) is 19.7 Å². The maximum absolute atomic E-state index is 12.4. The van der Waals surface area contributed by atoms with E-state index in [-0.39, 0.29) is 17.7 Å². The normalized spacial score (nSPS) is 16.9. The second-order valence-corrected chi connectivity index (χ2v) is 7.22. The van der Waals surface area contributed by atoms with Crippen LogP contribution in [-0.2, 0) is 16.1 Å². The summed E-state index contributed by atoms with van der Waals surface area (Å²) in [4.78, 5) is 26.6. The van der Waals surface area contributed by atoms with Crippen molar-refractivity contribution in [2.24, 2.45) is 5.92 Å². The van der Waals surface area contributed by atoms with Crippen LogP contribution in [0.25, 0.3) is 0 Å². The highest BCUT2D eigenvalue weighted by Gasteiger charge is 2.28. The minimum atomic E-state index is -0.124. The molecule has 1 atom stereocenters. The van der Waals surface area contributed by atoms with Crippen LogP contribution in [0.1, 0.15) is 24.8 Å². The standard InChI is InChI=1S/C20H24N2O3S/c23-19(8-11-25-18-6-2-1-3-7-18)22-10-4-5-17(14-22)20(24)21-13-16-9-12-26-15-16/h1-3,6-7,9,12,15,17H,4-5,8,10-11,13-14H2,(H,21,24). The number of para-hydroxylation sites is 1. The monoisotopic (exact) mass is 372 g/mol. The number of thiophene rings is 1. The molecule has 1 fully saturated rings. The Morgan fingerprint density at radius 1 is 1.23 bits per heavy atom. The van der Waals surface area contributed by atoms with Gasteiger partial charge in [0.05, 0.1) is 18.9 Å². The highest BCUT2D eigenvalue weighted by molar-refractivity contribution is 7.07. The van der Waals surface area contributed by atoms with Gasteiger partial charge in [0, 0.05) is 19.6 Å². The van der Waals surface area contributed by atoms with Crippen LogP contribution < -0.4 is 10.1 Å². The van der Waals surface area contributed by atoms with Crippen molar-refractivity contribution in [3.63, 3.8) is 0 Å². The van der Waals surface area contributed by atoms with Gasteiger partial charge in [-0.25, -0.2) is 0 Å². The quantitative estimate of drug-likeness (QED) is 0.813. The van der Waals surface area contributed by atoms with Crippen molar-refractivity contribution in [3.8, 4) is 5.75 Å². The fourth-order valence-electron chi connectivity index (χ4n) is 3.08. The lowest BCUT2D eigenvalue weighted by molar-refractivity contribution is -0.136. The van der Waals surface area contributed by atoms with E-state index in [0.29, 0.717) is 26.1 Å². The number of carbonyl (C=O) groups excluding carboxylic acids is 2. The van der Waals surface area contributed by atoms with Gasteiger partial charge in [0.25, 0.3) is 0 Å². The van der Waals surface area contributed by atoms with E-state index in [1.54, 1.807) is 16.2 Å². The molecule has 0 radical (unpaired) electrons. The largest absolute Gasteiger partial charge is 0.493 e. The number of rotatable bonds is 7. The van der Waals surface area contributed by atoms with Gasteiger partial charge in [0.15, 0.2) is 0 Å². The van der Waals surface area contributed by atoms with Crippen molar-refractivity contribution in [2.45, 2.75) is 25.8 Å². The summed E-state index contributed by atoms with van der Waals surface area (Å²) in [5, 5.41) is 7.02. The van der Waals surface area contributed by atoms with Crippen LogP contribution in [0.3, 0.4) is 0 Å². The van der Waals surface area contributed by atoms with E-state index < -0.39 is 0 Å². The third-order valence-corrected chi connectivity index (χ3v) is 5.25. The molecule has 1 saturated heterocycles. The third-order valence-electron chi connectivity index (χ3n) is 4.52. The first-order valence-electron chi connectivity index (χ1n) is 8.97. The van der Waals surface area contributed by atoms with Gasteiger partial charge >= 0.3 is 0 Å². The van der Waals surface area contributed by atoms with E-state index in [1.165, 1.54) is 0 Å². The molecular formula is C20H24N2O3S. The van der Waals surface area contributed by atoms with Crippen LogP contribution in [0.15, 0.2) is 47.2 Å². The van der Waals surface area contributed by atoms with E-state index in [1.807, 2.05) is 47.2 Å². The van der Waals surface area contributed by atoms with Gasteiger partial charge < -0.3 is 15.0 Å². The van der Waals surface area contributed by atoms with E-state index in [4.69, 9.17) is 4.74 Å². The van der Waals surface area contributed by atoms with Gasteiger partial charge in [-0.1, -0.05) is 18.2 Å². The minimum absolute atomic E-state index is 0.0363. The maximum atomic E-state index is 12.4. The molecule has 1 aromatic heterocycles. The van der Waals surface area contributed by atoms with Gasteiger partial charge in [0.2, 0.25) is 11.8 Å². The average molecular weight is 372 g/mol. The first-order chi connectivity index (χ1) is 12.7. The highest BCUT2D eigenvalue weighted by atomic mass is 32.1. The Kier molecular flexibility index (Phi) is 6.66. The van der Waals surface area contributed by atoms with Crippen molar-refractivity contribution in [3.05, 3.63) is 52.7 Å². The molecule has 5 nitrogen and oxygen atoms in total. The molecule has 3 rings (SSSR count). The summed E-state index contributed by atoms with van der Waals surface area (Å²) < 4.78 is 5.60. The molecule has 138 valence electrons. The molecule has 0 aliphatic carbocycles. The van der Waals surface area contributed by atoms with Crippen LogP contribution in [0.5, 0.6) is 5.75 Å². The Balaban J connectivity index is 1.41. The fourth-order valence-corrected chi connectivity index (χ4v) is 3.74. The summed E-state index contributed by atoms with van der Waals surface area (Å²) in [6, 6.07) is 11.5. The second-order valence-electron chi connectivity index (χ2n) is 6.44. The molecule has 2 aromatic rings. The maximum Gasteiger partial charge on any atom is 0.226 e. The van der Waals surface area contributed by atoms with E-state index in [2.05, 4.69) is 5.32 Å². The zero-order valence-corrected chi connectivity index (χ0v) is 15.5. The van der Waals surface area contributed by atoms with Crippen molar-refractivity contribution in [1.82, 2.24) is 10.2 Å². The molecule has 6 heteroatoms. The predicted molar refractivity (Wildman–Crippen MR) is 102 cm³/mol. The number of nitrogens with one attached hydrogen (secondary N) is 1. The van der Waals surface area contributed by atoms with Gasteiger partial charge in [0.1, 0.15) is 5.75 Å². The summed E-state index contributed by atoms with van der Waals surface area (Å²) in [6.07, 6.45) is 2.03. The second kappa shape index (κ2) is 9.38. The summed E-state index contributed by atoms with van der Waals surface area (Å²) in [5.41, 5.74) is 1.12. The summed E-state index contributed by atoms with van der Waals surface area (Å²) in [7, 11) is 0. The van der Waals surface area contributed by atoms with E-state index >= 15 is 0 Å². The molecule has 0 spiro atoms. The molecular weight excluding hydrogens is 348 g/mol. The molecule has 26 heavy (non-hydrogen) atoms. The smallest absolute Gasteiger partial charge is 0.226 e. The van der Waals surface area contributed by atoms with Crippen molar-refractivity contribution < 1.29 is 14.3 Å². The van der Waals surface area contributed by atoms with E-state index in [0.717, 1.165) is 30.7 Å². The number of benzene rings is 1. The zero-order chi connectivity index (χ0) is 18.2. The van der Waals surface area contributed by atoms with Gasteiger partial charge in [-0.05, 0) is 47.4 Å². The van der Waals surface area contributed by atoms with Crippen LogP contribution >= 0.6 is 11.3 Å². The van der Waals surface area contributed by atoms with Crippen LogP contribution in [0.4, 0.5) is 0 Å². The SMILES string of the molecule is O=C(NCc1ccsc1)C1CCCN(C(=O)CCOc2ccccc2)C1. The van der Waals surface area contributed by atoms with Crippen molar-refractivity contribution in [1.29, 1.82) is 0 Å². The molecule has 1 unspecified atom stereocenters.